The van der Waals surface area contributed by atoms with Crippen molar-refractivity contribution in [1.82, 2.24) is 5.32 Å². The third-order valence-electron chi connectivity index (χ3n) is 6.06. The molecule has 0 bridgehead atoms. The first-order chi connectivity index (χ1) is 14.7. The minimum absolute atomic E-state index is 0.0823. The van der Waals surface area contributed by atoms with Crippen molar-refractivity contribution >= 4 is 17.4 Å². The van der Waals surface area contributed by atoms with Crippen LogP contribution in [-0.4, -0.2) is 25.1 Å². The molecule has 4 nitrogen and oxygen atoms in total. The van der Waals surface area contributed by atoms with Crippen LogP contribution in [0.4, 0.5) is 0 Å². The molecular weight excluding hydrogens is 396 g/mol. The van der Waals surface area contributed by atoms with Crippen molar-refractivity contribution < 1.29 is 9.47 Å². The first kappa shape index (κ1) is 21.0. The lowest BCUT2D eigenvalue weighted by Gasteiger charge is -2.22. The average molecular weight is 427 g/mol. The van der Waals surface area contributed by atoms with Gasteiger partial charge in [-0.25, -0.2) is 0 Å². The summed E-state index contributed by atoms with van der Waals surface area (Å²) in [6.45, 7) is 5.22. The van der Waals surface area contributed by atoms with Crippen molar-refractivity contribution in [3.05, 3.63) is 58.6 Å². The number of amidine groups is 1. The molecule has 1 fully saturated rings. The highest BCUT2D eigenvalue weighted by molar-refractivity contribution is 6.30. The van der Waals surface area contributed by atoms with E-state index >= 15 is 0 Å². The fraction of sp³-hybridized carbons (Fsp3) is 0.480. The molecule has 0 aromatic heterocycles. The van der Waals surface area contributed by atoms with Gasteiger partial charge in [-0.05, 0) is 56.0 Å². The molecule has 0 saturated heterocycles. The number of rotatable bonds is 8. The van der Waals surface area contributed by atoms with Gasteiger partial charge in [-0.2, -0.15) is 0 Å². The van der Waals surface area contributed by atoms with Gasteiger partial charge in [0, 0.05) is 11.1 Å². The number of aliphatic imine (C=N–C) groups is 1. The fourth-order valence-corrected chi connectivity index (χ4v) is 4.78. The first-order valence-corrected chi connectivity index (χ1v) is 11.6. The van der Waals surface area contributed by atoms with E-state index in [1.807, 2.05) is 38.1 Å². The summed E-state index contributed by atoms with van der Waals surface area (Å²) < 4.78 is 11.6. The van der Waals surface area contributed by atoms with Gasteiger partial charge in [0.1, 0.15) is 17.3 Å². The van der Waals surface area contributed by atoms with Crippen molar-refractivity contribution in [2.24, 2.45) is 10.9 Å². The molecule has 0 radical (unpaired) electrons. The zero-order valence-electron chi connectivity index (χ0n) is 17.9. The van der Waals surface area contributed by atoms with E-state index < -0.39 is 0 Å². The van der Waals surface area contributed by atoms with Gasteiger partial charge in [-0.3, -0.25) is 4.99 Å². The average Bonchev–Trinajstić information content (AvgIpc) is 3.40. The molecule has 1 aliphatic carbocycles. The predicted molar refractivity (Wildman–Crippen MR) is 123 cm³/mol. The molecule has 30 heavy (non-hydrogen) atoms. The molecule has 0 spiro atoms. The Labute approximate surface area is 184 Å². The van der Waals surface area contributed by atoms with E-state index in [0.29, 0.717) is 13.2 Å². The number of halogens is 1. The molecular formula is C25H31ClN2O2. The van der Waals surface area contributed by atoms with Gasteiger partial charge in [-0.1, -0.05) is 49.4 Å². The summed E-state index contributed by atoms with van der Waals surface area (Å²) in [6, 6.07) is 14.5. The predicted octanol–water partition coefficient (Wildman–Crippen LogP) is 6.18. The maximum absolute atomic E-state index is 6.13. The molecule has 1 N–H and O–H groups in total. The lowest BCUT2D eigenvalue weighted by Crippen LogP contribution is -2.33. The van der Waals surface area contributed by atoms with Crippen LogP contribution in [0, 0.1) is 5.92 Å². The van der Waals surface area contributed by atoms with E-state index in [4.69, 9.17) is 26.1 Å². The minimum Gasteiger partial charge on any atom is -0.494 e. The molecule has 1 saturated carbocycles. The van der Waals surface area contributed by atoms with Crippen molar-refractivity contribution in [3.63, 3.8) is 0 Å². The van der Waals surface area contributed by atoms with Crippen molar-refractivity contribution in [1.29, 1.82) is 0 Å². The monoisotopic (exact) mass is 426 g/mol. The van der Waals surface area contributed by atoms with E-state index in [2.05, 4.69) is 23.5 Å². The van der Waals surface area contributed by atoms with Crippen molar-refractivity contribution in [2.45, 2.75) is 58.0 Å². The van der Waals surface area contributed by atoms with Crippen LogP contribution in [0.3, 0.4) is 0 Å². The lowest BCUT2D eigenvalue weighted by molar-refractivity contribution is 0.322. The Balaban J connectivity index is 1.65. The molecule has 5 heteroatoms. The second kappa shape index (κ2) is 9.74. The fourth-order valence-electron chi connectivity index (χ4n) is 4.66. The molecule has 2 aromatic carbocycles. The quantitative estimate of drug-likeness (QED) is 0.548. The number of nitrogens with one attached hydrogen (secondary N) is 1. The molecule has 4 rings (SSSR count). The number of hydrogen-bond donors (Lipinski definition) is 1. The van der Waals surface area contributed by atoms with E-state index in [-0.39, 0.29) is 12.1 Å². The highest BCUT2D eigenvalue weighted by Crippen LogP contribution is 2.37. The van der Waals surface area contributed by atoms with Gasteiger partial charge in [0.15, 0.2) is 0 Å². The smallest absolute Gasteiger partial charge is 0.133 e. The molecule has 2 aromatic rings. The Morgan fingerprint density at radius 3 is 2.43 bits per heavy atom. The van der Waals surface area contributed by atoms with Gasteiger partial charge >= 0.3 is 0 Å². The number of hydrogen-bond acceptors (Lipinski definition) is 4. The van der Waals surface area contributed by atoms with Crippen LogP contribution in [0.2, 0.25) is 5.02 Å². The molecule has 2 aliphatic rings. The van der Waals surface area contributed by atoms with E-state index in [1.165, 1.54) is 31.2 Å². The second-order valence-electron chi connectivity index (χ2n) is 8.14. The van der Waals surface area contributed by atoms with Gasteiger partial charge in [0.2, 0.25) is 0 Å². The first-order valence-electron chi connectivity index (χ1n) is 11.2. The minimum atomic E-state index is 0.0823. The third kappa shape index (κ3) is 4.75. The molecule has 1 heterocycles. The van der Waals surface area contributed by atoms with Gasteiger partial charge in [0.05, 0.1) is 30.9 Å². The topological polar surface area (TPSA) is 42.8 Å². The van der Waals surface area contributed by atoms with Crippen molar-refractivity contribution in [3.8, 4) is 11.5 Å². The van der Waals surface area contributed by atoms with Crippen molar-refractivity contribution in [2.75, 3.05) is 13.2 Å². The van der Waals surface area contributed by atoms with Gasteiger partial charge in [0.25, 0.3) is 0 Å². The summed E-state index contributed by atoms with van der Waals surface area (Å²) in [5, 5.41) is 4.50. The number of nitrogens with zero attached hydrogens (tertiary/aromatic N) is 1. The second-order valence-corrected chi connectivity index (χ2v) is 8.57. The SMILES string of the molecule is CCOc1ccc(C2=NC(c3ccc(Cl)cc3)C(CC3CCCC3)N2)c(OCC)c1. The Bertz CT molecular complexity index is 875. The lowest BCUT2D eigenvalue weighted by atomic mass is 9.91. The van der Waals surface area contributed by atoms with E-state index in [9.17, 15) is 0 Å². The summed E-state index contributed by atoms with van der Waals surface area (Å²) in [5.41, 5.74) is 2.20. The summed E-state index contributed by atoms with van der Waals surface area (Å²) in [7, 11) is 0. The maximum atomic E-state index is 6.13. The van der Waals surface area contributed by atoms with Crippen LogP contribution in [0.5, 0.6) is 11.5 Å². The Hall–Kier alpha value is -2.20. The normalized spacial score (nSPS) is 21.4. The zero-order valence-corrected chi connectivity index (χ0v) is 18.6. The summed E-state index contributed by atoms with van der Waals surface area (Å²) in [5.74, 6) is 3.31. The highest BCUT2D eigenvalue weighted by atomic mass is 35.5. The Kier molecular flexibility index (Phi) is 6.83. The molecule has 0 amide bonds. The van der Waals surface area contributed by atoms with Crippen LogP contribution >= 0.6 is 11.6 Å². The molecule has 2 atom stereocenters. The molecule has 2 unspecified atom stereocenters. The highest BCUT2D eigenvalue weighted by Gasteiger charge is 2.34. The molecule has 160 valence electrons. The van der Waals surface area contributed by atoms with Crippen LogP contribution in [-0.2, 0) is 0 Å². The van der Waals surface area contributed by atoms with E-state index in [1.54, 1.807) is 0 Å². The summed E-state index contributed by atoms with van der Waals surface area (Å²) in [6.07, 6.45) is 6.50. The summed E-state index contributed by atoms with van der Waals surface area (Å²) >= 11 is 6.13. The zero-order chi connectivity index (χ0) is 20.9. The molecule has 1 aliphatic heterocycles. The van der Waals surface area contributed by atoms with Crippen LogP contribution in [0.1, 0.15) is 63.1 Å². The van der Waals surface area contributed by atoms with Crippen LogP contribution in [0.25, 0.3) is 0 Å². The number of benzene rings is 2. The Morgan fingerprint density at radius 2 is 1.73 bits per heavy atom. The summed E-state index contributed by atoms with van der Waals surface area (Å²) in [4.78, 5) is 5.14. The van der Waals surface area contributed by atoms with E-state index in [0.717, 1.165) is 40.3 Å². The van der Waals surface area contributed by atoms with Gasteiger partial charge < -0.3 is 14.8 Å². The number of ether oxygens (including phenoxy) is 2. The standard InChI is InChI=1S/C25H31ClN2O2/c1-3-29-20-13-14-21(23(16-20)30-4-2)25-27-22(15-17-7-5-6-8-17)24(28-25)18-9-11-19(26)12-10-18/h9-14,16-17,22,24H,3-8,15H2,1-2H3,(H,27,28). The van der Waals surface area contributed by atoms with Crippen LogP contribution in [0.15, 0.2) is 47.5 Å². The van der Waals surface area contributed by atoms with Crippen LogP contribution < -0.4 is 14.8 Å². The largest absolute Gasteiger partial charge is 0.494 e. The third-order valence-corrected chi connectivity index (χ3v) is 6.32. The maximum Gasteiger partial charge on any atom is 0.133 e. The Morgan fingerprint density at radius 1 is 1.00 bits per heavy atom. The van der Waals surface area contributed by atoms with Gasteiger partial charge in [-0.15, -0.1) is 0 Å².